The first-order chi connectivity index (χ1) is 17.5. The van der Waals surface area contributed by atoms with Crippen molar-refractivity contribution in [3.8, 4) is 11.5 Å². The van der Waals surface area contributed by atoms with Crippen molar-refractivity contribution >= 4 is 27.7 Å². The highest BCUT2D eigenvalue weighted by molar-refractivity contribution is 7.99. The standard InChI is InChI=1S/C27H34N4O4S2/c1-20-14-16-30(17-15-20)37(33,34)23-12-10-22(11-13-23)25-28-29-26(35-25)36-19-24(32)31(27(2,3)4)18-21-8-6-5-7-9-21/h5-13,20H,14-19H2,1-4H3. The molecule has 0 bridgehead atoms. The predicted octanol–water partition coefficient (Wildman–Crippen LogP) is 5.08. The van der Waals surface area contributed by atoms with Crippen LogP contribution in [0, 0.1) is 5.92 Å². The van der Waals surface area contributed by atoms with Gasteiger partial charge in [-0.3, -0.25) is 4.79 Å². The van der Waals surface area contributed by atoms with E-state index in [1.165, 1.54) is 11.8 Å². The third-order valence-electron chi connectivity index (χ3n) is 6.50. The molecule has 2 aromatic carbocycles. The maximum Gasteiger partial charge on any atom is 0.277 e. The monoisotopic (exact) mass is 542 g/mol. The number of rotatable bonds is 8. The van der Waals surface area contributed by atoms with Crippen LogP contribution in [-0.2, 0) is 21.4 Å². The lowest BCUT2D eigenvalue weighted by Crippen LogP contribution is -2.45. The Labute approximate surface area is 223 Å². The van der Waals surface area contributed by atoms with Gasteiger partial charge in [0.2, 0.25) is 21.8 Å². The second-order valence-electron chi connectivity index (χ2n) is 10.4. The van der Waals surface area contributed by atoms with E-state index in [1.54, 1.807) is 28.6 Å². The average Bonchev–Trinajstić information content (AvgIpc) is 3.35. The number of piperidine rings is 1. The Balaban J connectivity index is 1.39. The Morgan fingerprint density at radius 3 is 2.32 bits per heavy atom. The molecule has 3 aromatic rings. The van der Waals surface area contributed by atoms with Gasteiger partial charge in [-0.2, -0.15) is 4.31 Å². The maximum atomic E-state index is 13.1. The Morgan fingerprint density at radius 2 is 1.70 bits per heavy atom. The van der Waals surface area contributed by atoms with Gasteiger partial charge in [-0.1, -0.05) is 49.0 Å². The minimum atomic E-state index is -3.52. The molecule has 1 aliphatic heterocycles. The molecular formula is C27H34N4O4S2. The van der Waals surface area contributed by atoms with Crippen LogP contribution in [0.2, 0.25) is 0 Å². The van der Waals surface area contributed by atoms with E-state index in [9.17, 15) is 13.2 Å². The van der Waals surface area contributed by atoms with Crippen molar-refractivity contribution in [1.82, 2.24) is 19.4 Å². The summed E-state index contributed by atoms with van der Waals surface area (Å²) in [6.07, 6.45) is 1.75. The molecule has 0 saturated carbocycles. The second-order valence-corrected chi connectivity index (χ2v) is 13.3. The summed E-state index contributed by atoms with van der Waals surface area (Å²) < 4.78 is 33.3. The molecule has 1 fully saturated rings. The number of amides is 1. The Morgan fingerprint density at radius 1 is 1.05 bits per heavy atom. The summed E-state index contributed by atoms with van der Waals surface area (Å²) in [6, 6.07) is 16.4. The van der Waals surface area contributed by atoms with Crippen molar-refractivity contribution < 1.29 is 17.6 Å². The molecule has 0 atom stereocenters. The van der Waals surface area contributed by atoms with Crippen molar-refractivity contribution in [1.29, 1.82) is 0 Å². The number of aromatic nitrogens is 2. The van der Waals surface area contributed by atoms with Crippen LogP contribution in [0.15, 0.2) is 69.1 Å². The van der Waals surface area contributed by atoms with Crippen molar-refractivity contribution in [3.63, 3.8) is 0 Å². The number of nitrogens with zero attached hydrogens (tertiary/aromatic N) is 4. The minimum Gasteiger partial charge on any atom is -0.411 e. The molecule has 8 nitrogen and oxygen atoms in total. The SMILES string of the molecule is CC1CCN(S(=O)(=O)c2ccc(-c3nnc(SCC(=O)N(Cc4ccccc4)C(C)(C)C)o3)cc2)CC1. The van der Waals surface area contributed by atoms with Gasteiger partial charge in [0.1, 0.15) is 0 Å². The summed E-state index contributed by atoms with van der Waals surface area (Å²) in [5.41, 5.74) is 1.34. The predicted molar refractivity (Wildman–Crippen MR) is 144 cm³/mol. The molecule has 198 valence electrons. The van der Waals surface area contributed by atoms with Gasteiger partial charge in [-0.05, 0) is 69.4 Å². The molecule has 1 aliphatic rings. The minimum absolute atomic E-state index is 0.0252. The van der Waals surface area contributed by atoms with E-state index in [0.29, 0.717) is 31.1 Å². The van der Waals surface area contributed by atoms with Crippen LogP contribution in [0.5, 0.6) is 0 Å². The lowest BCUT2D eigenvalue weighted by molar-refractivity contribution is -0.133. The van der Waals surface area contributed by atoms with Gasteiger partial charge in [0.15, 0.2) is 0 Å². The average molecular weight is 543 g/mol. The summed E-state index contributed by atoms with van der Waals surface area (Å²) in [4.78, 5) is 15.2. The molecule has 0 unspecified atom stereocenters. The lowest BCUT2D eigenvalue weighted by atomic mass is 10.0. The number of hydrogen-bond acceptors (Lipinski definition) is 7. The Bertz CT molecular complexity index is 1290. The molecule has 0 N–H and O–H groups in total. The molecule has 0 radical (unpaired) electrons. The van der Waals surface area contributed by atoms with Gasteiger partial charge >= 0.3 is 0 Å². The van der Waals surface area contributed by atoms with Crippen LogP contribution in [0.25, 0.3) is 11.5 Å². The van der Waals surface area contributed by atoms with Gasteiger partial charge < -0.3 is 9.32 Å². The summed E-state index contributed by atoms with van der Waals surface area (Å²) in [5, 5.41) is 8.45. The molecule has 37 heavy (non-hydrogen) atoms. The molecular weight excluding hydrogens is 508 g/mol. The first-order valence-electron chi connectivity index (χ1n) is 12.5. The van der Waals surface area contributed by atoms with E-state index in [2.05, 4.69) is 17.1 Å². The largest absolute Gasteiger partial charge is 0.411 e. The van der Waals surface area contributed by atoms with Crippen LogP contribution in [0.3, 0.4) is 0 Å². The second kappa shape index (κ2) is 11.4. The van der Waals surface area contributed by atoms with Gasteiger partial charge in [0.25, 0.3) is 5.22 Å². The summed E-state index contributed by atoms with van der Waals surface area (Å²) >= 11 is 1.19. The van der Waals surface area contributed by atoms with Crippen molar-refractivity contribution in [2.75, 3.05) is 18.8 Å². The lowest BCUT2D eigenvalue weighted by Gasteiger charge is -2.35. The number of sulfonamides is 1. The van der Waals surface area contributed by atoms with Gasteiger partial charge in [-0.25, -0.2) is 8.42 Å². The first kappa shape index (κ1) is 27.3. The highest BCUT2D eigenvalue weighted by Crippen LogP contribution is 2.28. The zero-order valence-corrected chi connectivity index (χ0v) is 23.4. The third-order valence-corrected chi connectivity index (χ3v) is 9.22. The summed E-state index contributed by atoms with van der Waals surface area (Å²) in [7, 11) is -3.52. The first-order valence-corrected chi connectivity index (χ1v) is 14.9. The van der Waals surface area contributed by atoms with E-state index in [1.807, 2.05) is 56.0 Å². The summed E-state index contributed by atoms with van der Waals surface area (Å²) in [5.74, 6) is 0.969. The molecule has 1 amide bonds. The van der Waals surface area contributed by atoms with Crippen molar-refractivity contribution in [3.05, 3.63) is 60.2 Å². The Kier molecular flexibility index (Phi) is 8.40. The van der Waals surface area contributed by atoms with Crippen LogP contribution in [0.4, 0.5) is 0 Å². The van der Waals surface area contributed by atoms with Crippen LogP contribution < -0.4 is 0 Å². The van der Waals surface area contributed by atoms with E-state index < -0.39 is 10.0 Å². The molecule has 10 heteroatoms. The zero-order valence-electron chi connectivity index (χ0n) is 21.8. The molecule has 1 aromatic heterocycles. The normalized spacial score (nSPS) is 15.6. The zero-order chi connectivity index (χ0) is 26.6. The van der Waals surface area contributed by atoms with Crippen LogP contribution in [-0.4, -0.2) is 58.1 Å². The van der Waals surface area contributed by atoms with Gasteiger partial charge in [0.05, 0.1) is 10.6 Å². The van der Waals surface area contributed by atoms with Crippen molar-refractivity contribution in [2.24, 2.45) is 5.92 Å². The number of hydrogen-bond donors (Lipinski definition) is 0. The topological polar surface area (TPSA) is 96.6 Å². The quantitative estimate of drug-likeness (QED) is 0.366. The fourth-order valence-electron chi connectivity index (χ4n) is 4.20. The van der Waals surface area contributed by atoms with Crippen LogP contribution in [0.1, 0.15) is 46.1 Å². The highest BCUT2D eigenvalue weighted by Gasteiger charge is 2.29. The van der Waals surface area contributed by atoms with E-state index >= 15 is 0 Å². The number of benzene rings is 2. The highest BCUT2D eigenvalue weighted by atomic mass is 32.2. The third kappa shape index (κ3) is 6.80. The van der Waals surface area contributed by atoms with Crippen molar-refractivity contribution in [2.45, 2.75) is 62.7 Å². The molecule has 0 aliphatic carbocycles. The molecule has 4 rings (SSSR count). The van der Waals surface area contributed by atoms with Gasteiger partial charge in [0, 0.05) is 30.7 Å². The molecule has 0 spiro atoms. The van der Waals surface area contributed by atoms with Crippen LogP contribution >= 0.6 is 11.8 Å². The maximum absolute atomic E-state index is 13.1. The molecule has 2 heterocycles. The number of carbonyl (C=O) groups is 1. The van der Waals surface area contributed by atoms with E-state index in [-0.39, 0.29) is 33.2 Å². The summed E-state index contributed by atoms with van der Waals surface area (Å²) in [6.45, 7) is 9.80. The smallest absolute Gasteiger partial charge is 0.277 e. The number of carbonyl (C=O) groups excluding carboxylic acids is 1. The Hall–Kier alpha value is -2.69. The van der Waals surface area contributed by atoms with E-state index in [4.69, 9.17) is 4.42 Å². The number of thioether (sulfide) groups is 1. The molecule has 1 saturated heterocycles. The fraction of sp³-hybridized carbons (Fsp3) is 0.444. The van der Waals surface area contributed by atoms with E-state index in [0.717, 1.165) is 18.4 Å². The van der Waals surface area contributed by atoms with Gasteiger partial charge in [-0.15, -0.1) is 10.2 Å². The fourth-order valence-corrected chi connectivity index (χ4v) is 6.30.